The predicted molar refractivity (Wildman–Crippen MR) is 146 cm³/mol. The summed E-state index contributed by atoms with van der Waals surface area (Å²) in [6.45, 7) is 7.59. The highest BCUT2D eigenvalue weighted by atomic mass is 32.2. The Morgan fingerprint density at radius 1 is 0.833 bits per heavy atom. The summed E-state index contributed by atoms with van der Waals surface area (Å²) in [4.78, 5) is 2.56. The molecule has 36 heavy (non-hydrogen) atoms. The number of hydrogen-bond acceptors (Lipinski definition) is 4. The number of rotatable bonds is 7. The molecule has 0 bridgehead atoms. The van der Waals surface area contributed by atoms with Crippen LogP contribution in [0, 0.1) is 6.92 Å². The minimum Gasteiger partial charge on any atom is -0.380 e. The lowest BCUT2D eigenvalue weighted by Crippen LogP contribution is -2.44. The van der Waals surface area contributed by atoms with Gasteiger partial charge in [-0.1, -0.05) is 84.8 Å². The van der Waals surface area contributed by atoms with Crippen molar-refractivity contribution in [2.45, 2.75) is 75.5 Å². The van der Waals surface area contributed by atoms with Gasteiger partial charge < -0.3 is 5.11 Å². The first-order valence-corrected chi connectivity index (χ1v) is 14.2. The van der Waals surface area contributed by atoms with Crippen LogP contribution < -0.4 is 0 Å². The third kappa shape index (κ3) is 7.50. The van der Waals surface area contributed by atoms with Gasteiger partial charge in [-0.15, -0.1) is 0 Å². The van der Waals surface area contributed by atoms with Gasteiger partial charge in [0.05, 0.1) is 4.90 Å². The van der Waals surface area contributed by atoms with Crippen LogP contribution in [0.3, 0.4) is 0 Å². The minimum absolute atomic E-state index is 0.0666. The lowest BCUT2D eigenvalue weighted by Gasteiger charge is -2.40. The molecule has 5 nitrogen and oxygen atoms in total. The highest BCUT2D eigenvalue weighted by molar-refractivity contribution is 7.85. The SMILES string of the molecule is C[C@@H]1CCC[C@H](C)N1CCCC(O)(c1ccccc1)c1ccccc1.Cc1ccc(S(=O)(=O)O)cc1. The van der Waals surface area contributed by atoms with Crippen LogP contribution >= 0.6 is 0 Å². The lowest BCUT2D eigenvalue weighted by molar-refractivity contribution is 0.0522. The second-order valence-corrected chi connectivity index (χ2v) is 11.3. The average molecular weight is 510 g/mol. The quantitative estimate of drug-likeness (QED) is 0.370. The highest BCUT2D eigenvalue weighted by Crippen LogP contribution is 2.34. The molecule has 1 aliphatic rings. The number of aliphatic hydroxyl groups is 1. The molecule has 1 aliphatic heterocycles. The maximum absolute atomic E-state index is 11.6. The van der Waals surface area contributed by atoms with Crippen molar-refractivity contribution < 1.29 is 18.1 Å². The van der Waals surface area contributed by atoms with Crippen molar-refractivity contribution in [3.05, 3.63) is 102 Å². The van der Waals surface area contributed by atoms with Crippen molar-refractivity contribution in [2.75, 3.05) is 6.54 Å². The summed E-state index contributed by atoms with van der Waals surface area (Å²) in [5.41, 5.74) is 2.02. The first-order valence-electron chi connectivity index (χ1n) is 12.7. The molecule has 0 saturated carbocycles. The van der Waals surface area contributed by atoms with Crippen LogP contribution in [0.5, 0.6) is 0 Å². The molecule has 0 unspecified atom stereocenters. The van der Waals surface area contributed by atoms with Gasteiger partial charge in [-0.25, -0.2) is 0 Å². The van der Waals surface area contributed by atoms with E-state index in [2.05, 4.69) is 18.7 Å². The summed E-state index contributed by atoms with van der Waals surface area (Å²) in [5.74, 6) is 0. The Bertz CT molecular complexity index is 1120. The van der Waals surface area contributed by atoms with Crippen molar-refractivity contribution in [3.8, 4) is 0 Å². The monoisotopic (exact) mass is 509 g/mol. The fraction of sp³-hybridized carbons (Fsp3) is 0.400. The molecule has 1 heterocycles. The Labute approximate surface area is 216 Å². The summed E-state index contributed by atoms with van der Waals surface area (Å²) >= 11 is 0. The molecule has 1 fully saturated rings. The Morgan fingerprint density at radius 3 is 1.75 bits per heavy atom. The van der Waals surface area contributed by atoms with Crippen LogP contribution in [0.4, 0.5) is 0 Å². The van der Waals surface area contributed by atoms with Gasteiger partial charge in [0, 0.05) is 12.1 Å². The number of benzene rings is 3. The highest BCUT2D eigenvalue weighted by Gasteiger charge is 2.32. The van der Waals surface area contributed by atoms with Crippen molar-refractivity contribution >= 4 is 10.1 Å². The number of piperidine rings is 1. The molecule has 0 aliphatic carbocycles. The molecule has 2 atom stereocenters. The van der Waals surface area contributed by atoms with Gasteiger partial charge in [-0.05, 0) is 76.3 Å². The van der Waals surface area contributed by atoms with Crippen molar-refractivity contribution in [1.82, 2.24) is 4.90 Å². The maximum Gasteiger partial charge on any atom is 0.294 e. The summed E-state index contributed by atoms with van der Waals surface area (Å²) in [6.07, 6.45) is 5.68. The van der Waals surface area contributed by atoms with E-state index < -0.39 is 15.7 Å². The molecule has 0 spiro atoms. The van der Waals surface area contributed by atoms with Gasteiger partial charge in [0.25, 0.3) is 10.1 Å². The zero-order valence-corrected chi connectivity index (χ0v) is 22.4. The van der Waals surface area contributed by atoms with E-state index in [0.717, 1.165) is 36.1 Å². The van der Waals surface area contributed by atoms with Gasteiger partial charge in [0.2, 0.25) is 0 Å². The van der Waals surface area contributed by atoms with E-state index in [4.69, 9.17) is 4.55 Å². The molecular formula is C30H39NO4S. The summed E-state index contributed by atoms with van der Waals surface area (Å²) < 4.78 is 29.6. The Balaban J connectivity index is 0.000000275. The molecule has 194 valence electrons. The number of nitrogens with zero attached hydrogens (tertiary/aromatic N) is 1. The van der Waals surface area contributed by atoms with Crippen molar-refractivity contribution in [1.29, 1.82) is 0 Å². The van der Waals surface area contributed by atoms with Crippen LogP contribution in [-0.2, 0) is 15.7 Å². The van der Waals surface area contributed by atoms with Crippen molar-refractivity contribution in [2.24, 2.45) is 0 Å². The van der Waals surface area contributed by atoms with E-state index in [1.54, 1.807) is 12.1 Å². The first-order chi connectivity index (χ1) is 17.1. The van der Waals surface area contributed by atoms with E-state index in [-0.39, 0.29) is 4.90 Å². The Morgan fingerprint density at radius 2 is 1.31 bits per heavy atom. The van der Waals surface area contributed by atoms with Gasteiger partial charge >= 0.3 is 0 Å². The van der Waals surface area contributed by atoms with Crippen LogP contribution in [-0.4, -0.2) is 41.6 Å². The number of aryl methyl sites for hydroxylation is 1. The lowest BCUT2D eigenvalue weighted by atomic mass is 9.82. The third-order valence-corrected chi connectivity index (χ3v) is 8.02. The van der Waals surface area contributed by atoms with Gasteiger partial charge in [-0.2, -0.15) is 8.42 Å². The second-order valence-electron chi connectivity index (χ2n) is 9.85. The van der Waals surface area contributed by atoms with Crippen molar-refractivity contribution in [3.63, 3.8) is 0 Å². The standard InChI is InChI=1S/C23H31NO.C7H8O3S/c1-19-11-9-12-20(2)24(19)18-10-17-23(25,21-13-5-3-6-14-21)22-15-7-4-8-16-22;1-6-2-4-7(5-3-6)11(8,9)10/h3-8,13-16,19-20,25H,9-12,17-18H2,1-2H3;2-5H,1H3,(H,8,9,10)/t19-,20+;. The second kappa shape index (κ2) is 12.6. The fourth-order valence-corrected chi connectivity index (χ4v) is 5.51. The zero-order valence-electron chi connectivity index (χ0n) is 21.5. The maximum atomic E-state index is 11.6. The third-order valence-electron chi connectivity index (χ3n) is 7.15. The smallest absolute Gasteiger partial charge is 0.294 e. The largest absolute Gasteiger partial charge is 0.380 e. The zero-order chi connectivity index (χ0) is 26.2. The van der Waals surface area contributed by atoms with E-state index >= 15 is 0 Å². The van der Waals surface area contributed by atoms with Gasteiger partial charge in [-0.3, -0.25) is 9.45 Å². The summed E-state index contributed by atoms with van der Waals surface area (Å²) in [5, 5.41) is 11.6. The molecule has 3 aromatic carbocycles. The van der Waals surface area contributed by atoms with Crippen LogP contribution in [0.15, 0.2) is 89.8 Å². The summed E-state index contributed by atoms with van der Waals surface area (Å²) in [7, 11) is -4.02. The molecule has 1 saturated heterocycles. The molecule has 0 radical (unpaired) electrons. The van der Waals surface area contributed by atoms with Crippen LogP contribution in [0.2, 0.25) is 0 Å². The van der Waals surface area contributed by atoms with Crippen LogP contribution in [0.25, 0.3) is 0 Å². The predicted octanol–water partition coefficient (Wildman–Crippen LogP) is 6.21. The van der Waals surface area contributed by atoms with E-state index in [0.29, 0.717) is 12.1 Å². The number of hydrogen-bond donors (Lipinski definition) is 2. The minimum atomic E-state index is -4.02. The van der Waals surface area contributed by atoms with E-state index in [1.165, 1.54) is 31.4 Å². The molecule has 4 rings (SSSR count). The normalized spacial score (nSPS) is 18.8. The first kappa shape index (κ1) is 28.1. The molecule has 3 aromatic rings. The number of likely N-dealkylation sites (tertiary alicyclic amines) is 1. The van der Waals surface area contributed by atoms with Crippen LogP contribution in [0.1, 0.15) is 62.6 Å². The molecule has 0 amide bonds. The average Bonchev–Trinajstić information content (AvgIpc) is 2.87. The topological polar surface area (TPSA) is 77.8 Å². The van der Waals surface area contributed by atoms with E-state index in [1.807, 2.05) is 67.6 Å². The molecule has 6 heteroatoms. The fourth-order valence-electron chi connectivity index (χ4n) is 5.03. The molecule has 2 N–H and O–H groups in total. The Kier molecular flexibility index (Phi) is 9.85. The van der Waals surface area contributed by atoms with Gasteiger partial charge in [0.1, 0.15) is 5.60 Å². The summed E-state index contributed by atoms with van der Waals surface area (Å²) in [6, 6.07) is 27.5. The molecular weight excluding hydrogens is 470 g/mol. The van der Waals surface area contributed by atoms with Gasteiger partial charge in [0.15, 0.2) is 0 Å². The van der Waals surface area contributed by atoms with E-state index in [9.17, 15) is 13.5 Å². The Hall–Kier alpha value is -2.51. The molecule has 0 aromatic heterocycles.